The zero-order valence-corrected chi connectivity index (χ0v) is 16.5. The van der Waals surface area contributed by atoms with E-state index in [1.54, 1.807) is 42.5 Å². The maximum absolute atomic E-state index is 12.4. The summed E-state index contributed by atoms with van der Waals surface area (Å²) in [6.45, 7) is 2.47. The molecule has 1 heterocycles. The van der Waals surface area contributed by atoms with Crippen LogP contribution < -0.4 is 10.6 Å². The van der Waals surface area contributed by atoms with E-state index in [9.17, 15) is 13.2 Å². The van der Waals surface area contributed by atoms with Crippen molar-refractivity contribution in [2.24, 2.45) is 4.40 Å². The molecule has 29 heavy (non-hydrogen) atoms. The molecule has 0 saturated carbocycles. The Hall–Kier alpha value is -3.45. The number of aryl methyl sites for hydroxylation is 1. The van der Waals surface area contributed by atoms with E-state index < -0.39 is 10.0 Å². The molecular formula is C22H19N3O3S. The molecule has 3 aromatic rings. The third-order valence-corrected chi connectivity index (χ3v) is 5.95. The minimum absolute atomic E-state index is 0.178. The number of carbonyl (C=O) groups excluding carboxylic acids is 1. The Morgan fingerprint density at radius 1 is 0.931 bits per heavy atom. The van der Waals surface area contributed by atoms with Gasteiger partial charge in [-0.1, -0.05) is 42.0 Å². The average Bonchev–Trinajstić information content (AvgIpc) is 2.98. The number of nitrogens with zero attached hydrogens (tertiary/aromatic N) is 1. The lowest BCUT2D eigenvalue weighted by atomic mass is 10.1. The molecule has 0 unspecified atom stereocenters. The molecule has 4 rings (SSSR count). The second-order valence-electron chi connectivity index (χ2n) is 6.78. The molecule has 0 aliphatic carbocycles. The van der Waals surface area contributed by atoms with Crippen LogP contribution in [-0.2, 0) is 16.6 Å². The number of nitrogens with one attached hydrogen (secondary N) is 2. The van der Waals surface area contributed by atoms with Gasteiger partial charge >= 0.3 is 0 Å². The number of benzene rings is 3. The molecule has 1 amide bonds. The molecule has 146 valence electrons. The van der Waals surface area contributed by atoms with Crippen molar-refractivity contribution in [2.45, 2.75) is 18.4 Å². The monoisotopic (exact) mass is 405 g/mol. The molecule has 7 heteroatoms. The lowest BCUT2D eigenvalue weighted by Crippen LogP contribution is -2.22. The topological polar surface area (TPSA) is 87.6 Å². The smallest absolute Gasteiger partial charge is 0.285 e. The van der Waals surface area contributed by atoms with Crippen LogP contribution >= 0.6 is 0 Å². The molecule has 3 aromatic carbocycles. The number of sulfonamides is 1. The summed E-state index contributed by atoms with van der Waals surface area (Å²) in [6.07, 6.45) is 0. The summed E-state index contributed by atoms with van der Waals surface area (Å²) in [5.74, 6) is 0.0976. The van der Waals surface area contributed by atoms with Crippen LogP contribution in [0.4, 0.5) is 5.69 Å². The summed E-state index contributed by atoms with van der Waals surface area (Å²) >= 11 is 0. The van der Waals surface area contributed by atoms with Gasteiger partial charge in [0.05, 0.1) is 0 Å². The van der Waals surface area contributed by atoms with Crippen LogP contribution in [0, 0.1) is 6.92 Å². The second kappa shape index (κ2) is 7.52. The molecule has 1 aliphatic heterocycles. The zero-order chi connectivity index (χ0) is 20.4. The van der Waals surface area contributed by atoms with Crippen molar-refractivity contribution in [2.75, 3.05) is 5.32 Å². The predicted molar refractivity (Wildman–Crippen MR) is 113 cm³/mol. The summed E-state index contributed by atoms with van der Waals surface area (Å²) in [5, 5.41) is 5.91. The Balaban J connectivity index is 1.43. The van der Waals surface area contributed by atoms with Gasteiger partial charge in [-0.3, -0.25) is 4.79 Å². The highest BCUT2D eigenvalue weighted by atomic mass is 32.2. The highest BCUT2D eigenvalue weighted by Gasteiger charge is 2.28. The summed E-state index contributed by atoms with van der Waals surface area (Å²) in [5.41, 5.74) is 3.90. The number of amidine groups is 1. The van der Waals surface area contributed by atoms with Gasteiger partial charge in [0.2, 0.25) is 0 Å². The van der Waals surface area contributed by atoms with Crippen LogP contribution in [0.2, 0.25) is 0 Å². The maximum Gasteiger partial charge on any atom is 0.285 e. The van der Waals surface area contributed by atoms with Gasteiger partial charge in [-0.15, -0.1) is 4.40 Å². The Labute approximate surface area is 169 Å². The van der Waals surface area contributed by atoms with Gasteiger partial charge in [0.1, 0.15) is 4.90 Å². The minimum Gasteiger partial charge on any atom is -0.348 e. The maximum atomic E-state index is 12.4. The van der Waals surface area contributed by atoms with Gasteiger partial charge < -0.3 is 10.6 Å². The summed E-state index contributed by atoms with van der Waals surface area (Å²) in [6, 6.07) is 21.4. The lowest BCUT2D eigenvalue weighted by molar-refractivity contribution is 0.0951. The van der Waals surface area contributed by atoms with E-state index in [1.807, 2.05) is 31.2 Å². The first-order chi connectivity index (χ1) is 13.9. The molecule has 1 aliphatic rings. The Bertz CT molecular complexity index is 1200. The first-order valence-electron chi connectivity index (χ1n) is 9.07. The summed E-state index contributed by atoms with van der Waals surface area (Å²) < 4.78 is 28.1. The minimum atomic E-state index is -3.67. The van der Waals surface area contributed by atoms with Crippen molar-refractivity contribution in [1.29, 1.82) is 0 Å². The fraction of sp³-hybridized carbons (Fsp3) is 0.0909. The third-order valence-electron chi connectivity index (χ3n) is 4.62. The van der Waals surface area contributed by atoms with Gasteiger partial charge in [-0.05, 0) is 48.9 Å². The van der Waals surface area contributed by atoms with E-state index in [0.29, 0.717) is 23.4 Å². The Morgan fingerprint density at radius 3 is 2.34 bits per heavy atom. The van der Waals surface area contributed by atoms with E-state index >= 15 is 0 Å². The fourth-order valence-corrected chi connectivity index (χ4v) is 4.20. The standard InChI is InChI=1S/C22H19N3O3S/c1-15-6-8-16(9-7-15)14-23-22(26)17-10-12-18(13-11-17)24-21-19-4-2-3-5-20(19)29(27,28)25-21/h2-13H,14H2,1H3,(H,23,26)(H,24,25). The molecule has 0 radical (unpaired) electrons. The van der Waals surface area contributed by atoms with E-state index in [2.05, 4.69) is 15.0 Å². The molecule has 0 atom stereocenters. The molecule has 0 spiro atoms. The van der Waals surface area contributed by atoms with Crippen molar-refractivity contribution >= 4 is 27.5 Å². The van der Waals surface area contributed by atoms with Crippen LogP contribution in [0.25, 0.3) is 0 Å². The molecule has 6 nitrogen and oxygen atoms in total. The Morgan fingerprint density at radius 2 is 1.62 bits per heavy atom. The van der Waals surface area contributed by atoms with E-state index in [0.717, 1.165) is 5.56 Å². The highest BCUT2D eigenvalue weighted by Crippen LogP contribution is 2.26. The quantitative estimate of drug-likeness (QED) is 0.696. The largest absolute Gasteiger partial charge is 0.348 e. The number of fused-ring (bicyclic) bond motifs is 1. The van der Waals surface area contributed by atoms with Crippen LogP contribution in [0.3, 0.4) is 0 Å². The second-order valence-corrected chi connectivity index (χ2v) is 8.35. The molecule has 2 N–H and O–H groups in total. The fourth-order valence-electron chi connectivity index (χ4n) is 3.03. The molecule has 0 bridgehead atoms. The van der Waals surface area contributed by atoms with Crippen molar-refractivity contribution in [3.05, 3.63) is 95.1 Å². The normalized spacial score (nSPS) is 14.0. The van der Waals surface area contributed by atoms with Crippen LogP contribution in [0.1, 0.15) is 27.0 Å². The van der Waals surface area contributed by atoms with Crippen molar-refractivity contribution in [1.82, 2.24) is 5.32 Å². The summed E-state index contributed by atoms with van der Waals surface area (Å²) in [4.78, 5) is 12.5. The highest BCUT2D eigenvalue weighted by molar-refractivity contribution is 7.90. The average molecular weight is 405 g/mol. The van der Waals surface area contributed by atoms with Crippen molar-refractivity contribution < 1.29 is 13.2 Å². The van der Waals surface area contributed by atoms with Crippen molar-refractivity contribution in [3.8, 4) is 0 Å². The molecule has 0 aromatic heterocycles. The number of rotatable bonds is 4. The van der Waals surface area contributed by atoms with Gasteiger partial charge in [-0.2, -0.15) is 8.42 Å². The molecule has 0 saturated heterocycles. The lowest BCUT2D eigenvalue weighted by Gasteiger charge is -2.09. The Kier molecular flexibility index (Phi) is 4.90. The van der Waals surface area contributed by atoms with Crippen molar-refractivity contribution in [3.63, 3.8) is 0 Å². The number of amides is 1. The number of hydrogen-bond donors (Lipinski definition) is 2. The zero-order valence-electron chi connectivity index (χ0n) is 15.7. The summed E-state index contributed by atoms with van der Waals surface area (Å²) in [7, 11) is -3.67. The molecular weight excluding hydrogens is 386 g/mol. The SMILES string of the molecule is Cc1ccc(CNC(=O)c2ccc(NC3=NS(=O)(=O)c4ccccc43)cc2)cc1. The van der Waals surface area contributed by atoms with Gasteiger partial charge in [0, 0.05) is 23.4 Å². The molecule has 0 fully saturated rings. The number of anilines is 1. The number of carbonyl (C=O) groups is 1. The van der Waals surface area contributed by atoms with Gasteiger partial charge in [-0.25, -0.2) is 0 Å². The third kappa shape index (κ3) is 4.05. The van der Waals surface area contributed by atoms with E-state index in [-0.39, 0.29) is 16.6 Å². The first-order valence-corrected chi connectivity index (χ1v) is 10.5. The van der Waals surface area contributed by atoms with E-state index in [4.69, 9.17) is 0 Å². The van der Waals surface area contributed by atoms with Crippen LogP contribution in [0.15, 0.2) is 82.1 Å². The van der Waals surface area contributed by atoms with Gasteiger partial charge in [0.15, 0.2) is 5.84 Å². The van der Waals surface area contributed by atoms with E-state index in [1.165, 1.54) is 11.6 Å². The first kappa shape index (κ1) is 18.9. The number of hydrogen-bond acceptors (Lipinski definition) is 4. The van der Waals surface area contributed by atoms with Crippen LogP contribution in [-0.4, -0.2) is 20.2 Å². The predicted octanol–water partition coefficient (Wildman–Crippen LogP) is 3.49. The van der Waals surface area contributed by atoms with Gasteiger partial charge in [0.25, 0.3) is 15.9 Å². The van der Waals surface area contributed by atoms with Crippen LogP contribution in [0.5, 0.6) is 0 Å².